The van der Waals surface area contributed by atoms with Gasteiger partial charge in [0.15, 0.2) is 0 Å². The largest absolute Gasteiger partial charge is 0.386 e. The van der Waals surface area contributed by atoms with E-state index in [0.29, 0.717) is 17.9 Å². The monoisotopic (exact) mass is 449 g/mol. The lowest BCUT2D eigenvalue weighted by Gasteiger charge is -2.31. The zero-order valence-corrected chi connectivity index (χ0v) is 19.8. The van der Waals surface area contributed by atoms with Crippen LogP contribution in [0, 0.1) is 5.92 Å². The zero-order valence-electron chi connectivity index (χ0n) is 19.8. The van der Waals surface area contributed by atoms with Crippen molar-refractivity contribution < 1.29 is 9.90 Å². The molecule has 3 heterocycles. The van der Waals surface area contributed by atoms with E-state index in [1.54, 1.807) is 0 Å². The highest BCUT2D eigenvalue weighted by Gasteiger charge is 2.31. The molecule has 0 spiro atoms. The Morgan fingerprint density at radius 1 is 1.09 bits per heavy atom. The summed E-state index contributed by atoms with van der Waals surface area (Å²) in [6.07, 6.45) is 8.81. The predicted octanol–water partition coefficient (Wildman–Crippen LogP) is 3.99. The Labute approximate surface area is 196 Å². The standard InChI is InChI=1S/C26H35N5O2/c1-26(2,33)21-6-5-7-22-20(21)13-17-31(22)23-12-14-27-25(29-23)28-19-10-8-18(9-11-19)24(32)30-15-3-4-16-30/h5-7,12,14,18-19,33H,3-4,8-11,13,15-17H2,1-2H3,(H,27,28,29). The van der Waals surface area contributed by atoms with Crippen molar-refractivity contribution in [3.63, 3.8) is 0 Å². The van der Waals surface area contributed by atoms with Crippen molar-refractivity contribution in [3.05, 3.63) is 41.6 Å². The van der Waals surface area contributed by atoms with Crippen molar-refractivity contribution in [3.8, 4) is 0 Å². The van der Waals surface area contributed by atoms with Gasteiger partial charge in [-0.15, -0.1) is 0 Å². The van der Waals surface area contributed by atoms with Gasteiger partial charge >= 0.3 is 0 Å². The van der Waals surface area contributed by atoms with Crippen LogP contribution in [0.5, 0.6) is 0 Å². The average molecular weight is 450 g/mol. The molecule has 0 atom stereocenters. The van der Waals surface area contributed by atoms with Crippen molar-refractivity contribution in [2.75, 3.05) is 29.9 Å². The SMILES string of the molecule is CC(C)(O)c1cccc2c1CCN2c1ccnc(NC2CCC(C(=O)N3CCCC3)CC2)n1. The molecule has 176 valence electrons. The summed E-state index contributed by atoms with van der Waals surface area (Å²) in [6.45, 7) is 6.39. The Morgan fingerprint density at radius 2 is 1.85 bits per heavy atom. The summed E-state index contributed by atoms with van der Waals surface area (Å²) in [5.41, 5.74) is 2.42. The first kappa shape index (κ1) is 22.1. The van der Waals surface area contributed by atoms with E-state index < -0.39 is 5.60 Å². The van der Waals surface area contributed by atoms with E-state index in [9.17, 15) is 9.90 Å². The first-order valence-electron chi connectivity index (χ1n) is 12.4. The Balaban J connectivity index is 1.24. The molecule has 33 heavy (non-hydrogen) atoms. The molecule has 2 aliphatic heterocycles. The highest BCUT2D eigenvalue weighted by Crippen LogP contribution is 2.39. The second-order valence-electron chi connectivity index (χ2n) is 10.2. The summed E-state index contributed by atoms with van der Waals surface area (Å²) < 4.78 is 0. The van der Waals surface area contributed by atoms with E-state index in [2.05, 4.69) is 26.2 Å². The molecule has 1 amide bonds. The number of likely N-dealkylation sites (tertiary alicyclic amines) is 1. The molecule has 1 aliphatic carbocycles. The molecule has 2 aromatic rings. The highest BCUT2D eigenvalue weighted by atomic mass is 16.3. The summed E-state index contributed by atoms with van der Waals surface area (Å²) in [6, 6.07) is 8.37. The van der Waals surface area contributed by atoms with Gasteiger partial charge in [-0.05, 0) is 82.1 Å². The zero-order chi connectivity index (χ0) is 23.0. The quantitative estimate of drug-likeness (QED) is 0.718. The average Bonchev–Trinajstić information content (AvgIpc) is 3.49. The van der Waals surface area contributed by atoms with Gasteiger partial charge in [0.25, 0.3) is 0 Å². The molecule has 1 saturated carbocycles. The Hall–Kier alpha value is -2.67. The van der Waals surface area contributed by atoms with Crippen LogP contribution in [0.2, 0.25) is 0 Å². The molecule has 7 heteroatoms. The maximum absolute atomic E-state index is 12.7. The molecule has 5 rings (SSSR count). The number of carbonyl (C=O) groups excluding carboxylic acids is 1. The van der Waals surface area contributed by atoms with Crippen molar-refractivity contribution in [2.24, 2.45) is 5.92 Å². The molecule has 0 bridgehead atoms. The molecule has 7 nitrogen and oxygen atoms in total. The number of rotatable bonds is 5. The number of hydrogen-bond acceptors (Lipinski definition) is 6. The fourth-order valence-corrected chi connectivity index (χ4v) is 5.68. The van der Waals surface area contributed by atoms with Crippen LogP contribution >= 0.6 is 0 Å². The van der Waals surface area contributed by atoms with Crippen molar-refractivity contribution in [1.82, 2.24) is 14.9 Å². The van der Waals surface area contributed by atoms with E-state index in [1.165, 1.54) is 5.56 Å². The molecular weight excluding hydrogens is 414 g/mol. The number of nitrogens with zero attached hydrogens (tertiary/aromatic N) is 4. The van der Waals surface area contributed by atoms with E-state index in [-0.39, 0.29) is 5.92 Å². The van der Waals surface area contributed by atoms with Crippen LogP contribution in [0.15, 0.2) is 30.5 Å². The lowest BCUT2D eigenvalue weighted by molar-refractivity contribution is -0.135. The maximum atomic E-state index is 12.7. The minimum Gasteiger partial charge on any atom is -0.386 e. The Kier molecular flexibility index (Phi) is 5.99. The lowest BCUT2D eigenvalue weighted by atomic mass is 9.85. The first-order chi connectivity index (χ1) is 15.9. The topological polar surface area (TPSA) is 81.6 Å². The van der Waals surface area contributed by atoms with Crippen LogP contribution < -0.4 is 10.2 Å². The van der Waals surface area contributed by atoms with Gasteiger partial charge in [-0.2, -0.15) is 4.98 Å². The summed E-state index contributed by atoms with van der Waals surface area (Å²) in [5.74, 6) is 2.06. The number of aromatic nitrogens is 2. The molecule has 0 unspecified atom stereocenters. The van der Waals surface area contributed by atoms with Crippen molar-refractivity contribution in [1.29, 1.82) is 0 Å². The van der Waals surface area contributed by atoms with Gasteiger partial charge in [0, 0.05) is 43.5 Å². The number of amides is 1. The van der Waals surface area contributed by atoms with Gasteiger partial charge in [-0.25, -0.2) is 4.98 Å². The van der Waals surface area contributed by atoms with Gasteiger partial charge in [-0.1, -0.05) is 12.1 Å². The molecule has 1 aromatic heterocycles. The number of anilines is 3. The number of hydrogen-bond donors (Lipinski definition) is 2. The Morgan fingerprint density at radius 3 is 2.58 bits per heavy atom. The second kappa shape index (κ2) is 8.93. The molecule has 2 N–H and O–H groups in total. The van der Waals surface area contributed by atoms with Crippen LogP contribution in [0.4, 0.5) is 17.5 Å². The molecule has 0 radical (unpaired) electrons. The van der Waals surface area contributed by atoms with Crippen molar-refractivity contribution >= 4 is 23.4 Å². The third-order valence-corrected chi connectivity index (χ3v) is 7.43. The fourth-order valence-electron chi connectivity index (χ4n) is 5.68. The van der Waals surface area contributed by atoms with Gasteiger partial charge in [-0.3, -0.25) is 4.79 Å². The first-order valence-corrected chi connectivity index (χ1v) is 12.4. The number of aliphatic hydroxyl groups is 1. The normalized spacial score (nSPS) is 23.0. The van der Waals surface area contributed by atoms with Crippen LogP contribution in [-0.4, -0.2) is 51.6 Å². The number of carbonyl (C=O) groups is 1. The molecule has 2 fully saturated rings. The summed E-state index contributed by atoms with van der Waals surface area (Å²) >= 11 is 0. The predicted molar refractivity (Wildman–Crippen MR) is 130 cm³/mol. The van der Waals surface area contributed by atoms with Gasteiger partial charge in [0.1, 0.15) is 5.82 Å². The van der Waals surface area contributed by atoms with Crippen molar-refractivity contribution in [2.45, 2.75) is 70.4 Å². The number of benzene rings is 1. The van der Waals surface area contributed by atoms with Crippen LogP contribution in [0.25, 0.3) is 0 Å². The summed E-state index contributed by atoms with van der Waals surface area (Å²) in [7, 11) is 0. The number of fused-ring (bicyclic) bond motifs is 1. The van der Waals surface area contributed by atoms with E-state index in [1.807, 2.05) is 38.2 Å². The Bertz CT molecular complexity index is 1000. The van der Waals surface area contributed by atoms with E-state index in [4.69, 9.17) is 4.98 Å². The minimum atomic E-state index is -0.866. The van der Waals surface area contributed by atoms with E-state index >= 15 is 0 Å². The summed E-state index contributed by atoms with van der Waals surface area (Å²) in [5, 5.41) is 14.1. The van der Waals surface area contributed by atoms with E-state index in [0.717, 1.165) is 81.6 Å². The van der Waals surface area contributed by atoms with Gasteiger partial charge < -0.3 is 20.2 Å². The number of nitrogens with one attached hydrogen (secondary N) is 1. The fraction of sp³-hybridized carbons (Fsp3) is 0.577. The minimum absolute atomic E-state index is 0.180. The smallest absolute Gasteiger partial charge is 0.225 e. The third kappa shape index (κ3) is 4.56. The van der Waals surface area contributed by atoms with Gasteiger partial charge in [0.2, 0.25) is 11.9 Å². The van der Waals surface area contributed by atoms with Gasteiger partial charge in [0.05, 0.1) is 5.60 Å². The second-order valence-corrected chi connectivity index (χ2v) is 10.2. The van der Waals surface area contributed by atoms with Crippen LogP contribution in [-0.2, 0) is 16.8 Å². The highest BCUT2D eigenvalue weighted by molar-refractivity contribution is 5.79. The molecule has 1 aromatic carbocycles. The third-order valence-electron chi connectivity index (χ3n) is 7.43. The summed E-state index contributed by atoms with van der Waals surface area (Å²) in [4.78, 5) is 26.3. The van der Waals surface area contributed by atoms with Crippen LogP contribution in [0.1, 0.15) is 63.5 Å². The maximum Gasteiger partial charge on any atom is 0.225 e. The molecule has 3 aliphatic rings. The molecule has 1 saturated heterocycles. The van der Waals surface area contributed by atoms with Crippen LogP contribution in [0.3, 0.4) is 0 Å². The lowest BCUT2D eigenvalue weighted by Crippen LogP contribution is -2.37. The molecular formula is C26H35N5O2.